The van der Waals surface area contributed by atoms with Crippen LogP contribution >= 0.6 is 11.3 Å². The second kappa shape index (κ2) is 9.15. The molecule has 2 aromatic carbocycles. The van der Waals surface area contributed by atoms with Gasteiger partial charge in [0, 0.05) is 44.4 Å². The molecule has 2 aromatic heterocycles. The van der Waals surface area contributed by atoms with E-state index in [2.05, 4.69) is 10.1 Å². The molecule has 5 rings (SSSR count). The zero-order chi connectivity index (χ0) is 24.7. The molecule has 0 radical (unpaired) electrons. The summed E-state index contributed by atoms with van der Waals surface area (Å²) in [6.07, 6.45) is 0. The molecule has 1 fully saturated rings. The minimum absolute atomic E-state index is 0.0670. The summed E-state index contributed by atoms with van der Waals surface area (Å²) in [5, 5.41) is 4.51. The summed E-state index contributed by atoms with van der Waals surface area (Å²) in [5.74, 6) is -2.30. The molecule has 0 N–H and O–H groups in total. The Hall–Kier alpha value is -3.13. The van der Waals surface area contributed by atoms with Gasteiger partial charge in [-0.15, -0.1) is 0 Å². The van der Waals surface area contributed by atoms with Crippen molar-refractivity contribution in [1.82, 2.24) is 23.8 Å². The molecule has 3 heterocycles. The number of hydrogen-bond donors (Lipinski definition) is 0. The van der Waals surface area contributed by atoms with Crippen molar-refractivity contribution in [3.8, 4) is 10.6 Å². The first-order valence-corrected chi connectivity index (χ1v) is 12.8. The number of fused-ring (bicyclic) bond motifs is 1. The third-order valence-corrected chi connectivity index (χ3v) is 8.49. The van der Waals surface area contributed by atoms with Crippen LogP contribution in [0.15, 0.2) is 58.2 Å². The quantitative estimate of drug-likeness (QED) is 0.402. The normalized spacial score (nSPS) is 15.6. The van der Waals surface area contributed by atoms with Crippen LogP contribution in [0, 0.1) is 17.5 Å². The largest absolute Gasteiger partial charge is 0.295 e. The maximum absolute atomic E-state index is 14.1. The Balaban J connectivity index is 1.31. The molecule has 1 saturated heterocycles. The van der Waals surface area contributed by atoms with Gasteiger partial charge in [0.15, 0.2) is 5.01 Å². The van der Waals surface area contributed by atoms with Gasteiger partial charge in [0.05, 0.1) is 5.69 Å². The molecular weight excluding hydrogens is 503 g/mol. The summed E-state index contributed by atoms with van der Waals surface area (Å²) in [6, 6.07) is 9.78. The van der Waals surface area contributed by atoms with Gasteiger partial charge < -0.3 is 0 Å². The lowest BCUT2D eigenvalue weighted by molar-refractivity contribution is 0.179. The Morgan fingerprint density at radius 2 is 1.69 bits per heavy atom. The van der Waals surface area contributed by atoms with Gasteiger partial charge in [-0.25, -0.2) is 26.6 Å². The third kappa shape index (κ3) is 4.59. The number of nitrogens with zero attached hydrogens (tertiary/aromatic N) is 5. The van der Waals surface area contributed by atoms with Gasteiger partial charge in [0.25, 0.3) is 5.56 Å². The van der Waals surface area contributed by atoms with Crippen LogP contribution in [-0.4, -0.2) is 58.4 Å². The lowest BCUT2D eigenvalue weighted by Crippen LogP contribution is -2.48. The van der Waals surface area contributed by atoms with Gasteiger partial charge in [-0.1, -0.05) is 23.5 Å². The third-order valence-electron chi connectivity index (χ3n) is 5.63. The second-order valence-electron chi connectivity index (χ2n) is 7.92. The molecule has 0 unspecified atom stereocenters. The number of piperazine rings is 1. The van der Waals surface area contributed by atoms with Crippen molar-refractivity contribution in [2.24, 2.45) is 0 Å². The molecule has 0 aliphatic carbocycles. The molecule has 8 nitrogen and oxygen atoms in total. The SMILES string of the molecule is O=c1cc(CN2CCN(S(=O)(=O)c3cc(F)ccc3F)CC2)nc2sc(-c3ccccc3F)nn12. The Morgan fingerprint density at radius 3 is 2.43 bits per heavy atom. The van der Waals surface area contributed by atoms with E-state index in [-0.39, 0.29) is 25.2 Å². The standard InChI is InChI=1S/C22H18F3N5O3S2/c23-14-5-6-18(25)19(11-14)35(32,33)29-9-7-28(8-10-29)13-15-12-20(31)30-22(26-15)34-21(27-30)16-3-1-2-4-17(16)24/h1-6,11-12H,7-10,13H2. The minimum Gasteiger partial charge on any atom is -0.295 e. The number of benzene rings is 2. The van der Waals surface area contributed by atoms with Crippen molar-refractivity contribution in [3.05, 3.63) is 82.0 Å². The van der Waals surface area contributed by atoms with Crippen LogP contribution in [0.1, 0.15) is 5.69 Å². The highest BCUT2D eigenvalue weighted by Gasteiger charge is 2.31. The van der Waals surface area contributed by atoms with Crippen LogP contribution < -0.4 is 5.56 Å². The van der Waals surface area contributed by atoms with E-state index >= 15 is 0 Å². The van der Waals surface area contributed by atoms with Gasteiger partial charge in [-0.3, -0.25) is 9.69 Å². The summed E-state index contributed by atoms with van der Waals surface area (Å²) in [4.78, 5) is 18.6. The van der Waals surface area contributed by atoms with Gasteiger partial charge >= 0.3 is 0 Å². The van der Waals surface area contributed by atoms with Crippen molar-refractivity contribution in [3.63, 3.8) is 0 Å². The molecule has 0 amide bonds. The van der Waals surface area contributed by atoms with E-state index in [9.17, 15) is 26.4 Å². The fraction of sp³-hybridized carbons (Fsp3) is 0.227. The Kier molecular flexibility index (Phi) is 6.17. The number of halogens is 3. The molecule has 0 saturated carbocycles. The fourth-order valence-corrected chi connectivity index (χ4v) is 6.30. The Bertz CT molecular complexity index is 1580. The van der Waals surface area contributed by atoms with Crippen molar-refractivity contribution in [1.29, 1.82) is 0 Å². The first-order valence-electron chi connectivity index (χ1n) is 10.5. The Morgan fingerprint density at radius 1 is 0.943 bits per heavy atom. The summed E-state index contributed by atoms with van der Waals surface area (Å²) >= 11 is 1.09. The zero-order valence-corrected chi connectivity index (χ0v) is 19.7. The molecule has 0 atom stereocenters. The first-order chi connectivity index (χ1) is 16.7. The van der Waals surface area contributed by atoms with Crippen molar-refractivity contribution >= 4 is 26.3 Å². The lowest BCUT2D eigenvalue weighted by atomic mass is 10.2. The number of hydrogen-bond acceptors (Lipinski definition) is 7. The van der Waals surface area contributed by atoms with E-state index in [1.165, 1.54) is 12.1 Å². The summed E-state index contributed by atoms with van der Waals surface area (Å²) < 4.78 is 69.4. The molecule has 182 valence electrons. The summed E-state index contributed by atoms with van der Waals surface area (Å²) in [5.41, 5.74) is 0.328. The summed E-state index contributed by atoms with van der Waals surface area (Å²) in [6.45, 7) is 1.02. The molecule has 13 heteroatoms. The number of aromatic nitrogens is 3. The van der Waals surface area contributed by atoms with Gasteiger partial charge in [-0.05, 0) is 30.3 Å². The minimum atomic E-state index is -4.19. The van der Waals surface area contributed by atoms with Crippen LogP contribution in [0.2, 0.25) is 0 Å². The molecule has 0 spiro atoms. The average molecular weight is 522 g/mol. The highest BCUT2D eigenvalue weighted by atomic mass is 32.2. The van der Waals surface area contributed by atoms with Gasteiger partial charge in [-0.2, -0.15) is 13.9 Å². The zero-order valence-electron chi connectivity index (χ0n) is 18.1. The van der Waals surface area contributed by atoms with Gasteiger partial charge in [0.1, 0.15) is 22.3 Å². The van der Waals surface area contributed by atoms with E-state index in [0.717, 1.165) is 32.3 Å². The Labute approximate surface area is 201 Å². The lowest BCUT2D eigenvalue weighted by Gasteiger charge is -2.33. The summed E-state index contributed by atoms with van der Waals surface area (Å²) in [7, 11) is -4.19. The first kappa shape index (κ1) is 23.6. The topological polar surface area (TPSA) is 87.9 Å². The van der Waals surface area contributed by atoms with E-state index in [0.29, 0.717) is 34.8 Å². The number of sulfonamides is 1. The molecule has 4 aromatic rings. The van der Waals surface area contributed by atoms with E-state index in [1.54, 1.807) is 18.2 Å². The number of rotatable bonds is 5. The molecular formula is C22H18F3N5O3S2. The van der Waals surface area contributed by atoms with E-state index in [1.807, 2.05) is 4.90 Å². The maximum atomic E-state index is 14.1. The van der Waals surface area contributed by atoms with Crippen LogP contribution in [0.4, 0.5) is 13.2 Å². The molecule has 1 aliphatic rings. The molecule has 0 bridgehead atoms. The predicted molar refractivity (Wildman–Crippen MR) is 123 cm³/mol. The van der Waals surface area contributed by atoms with Crippen LogP contribution in [-0.2, 0) is 16.6 Å². The van der Waals surface area contributed by atoms with E-state index < -0.39 is 37.9 Å². The highest BCUT2D eigenvalue weighted by Crippen LogP contribution is 2.27. The molecule has 35 heavy (non-hydrogen) atoms. The predicted octanol–water partition coefficient (Wildman–Crippen LogP) is 2.74. The van der Waals surface area contributed by atoms with Crippen molar-refractivity contribution in [2.75, 3.05) is 26.2 Å². The highest BCUT2D eigenvalue weighted by molar-refractivity contribution is 7.89. The second-order valence-corrected chi connectivity index (χ2v) is 10.8. The van der Waals surface area contributed by atoms with Crippen molar-refractivity contribution < 1.29 is 21.6 Å². The average Bonchev–Trinajstić information content (AvgIpc) is 3.26. The molecule has 1 aliphatic heterocycles. The van der Waals surface area contributed by atoms with Crippen LogP contribution in [0.3, 0.4) is 0 Å². The van der Waals surface area contributed by atoms with E-state index in [4.69, 9.17) is 0 Å². The maximum Gasteiger partial charge on any atom is 0.275 e. The van der Waals surface area contributed by atoms with Crippen LogP contribution in [0.5, 0.6) is 0 Å². The van der Waals surface area contributed by atoms with Gasteiger partial charge in [0.2, 0.25) is 15.0 Å². The van der Waals surface area contributed by atoms with Crippen LogP contribution in [0.25, 0.3) is 15.5 Å². The smallest absolute Gasteiger partial charge is 0.275 e. The monoisotopic (exact) mass is 521 g/mol. The van der Waals surface area contributed by atoms with Crippen molar-refractivity contribution in [2.45, 2.75) is 11.4 Å². The fourth-order valence-electron chi connectivity index (χ4n) is 3.85.